The van der Waals surface area contributed by atoms with Crippen LogP contribution in [0.2, 0.25) is 0 Å². The van der Waals surface area contributed by atoms with Crippen LogP contribution in [0.1, 0.15) is 13.8 Å². The summed E-state index contributed by atoms with van der Waals surface area (Å²) in [6, 6.07) is 0.00259. The molecule has 9 heavy (non-hydrogen) atoms. The molecule has 56 valence electrons. The summed E-state index contributed by atoms with van der Waals surface area (Å²) in [4.78, 5) is 0. The minimum Gasteiger partial charge on any atom is -0.594 e. The van der Waals surface area contributed by atoms with Gasteiger partial charge < -0.3 is 21.6 Å². The van der Waals surface area contributed by atoms with E-state index in [1.54, 1.807) is 0 Å². The van der Waals surface area contributed by atoms with Gasteiger partial charge in [0.25, 0.3) is 0 Å². The van der Waals surface area contributed by atoms with Gasteiger partial charge in [0.15, 0.2) is 0 Å². The number of nitrogens with zero attached hydrogens (tertiary/aromatic N) is 3. The Kier molecular flexibility index (Phi) is 3.67. The molecule has 0 radical (unpaired) electrons. The van der Waals surface area contributed by atoms with Crippen LogP contribution in [-0.2, 0) is 0 Å². The maximum atomic E-state index is 8.70. The van der Waals surface area contributed by atoms with E-state index < -0.39 is 0 Å². The number of hydrogen-bond donors (Lipinski definition) is 1. The van der Waals surface area contributed by atoms with Gasteiger partial charge in [-0.05, 0) is 7.05 Å². The molecule has 5 heteroatoms. The molecule has 0 amide bonds. The number of hydrogen-bond acceptors (Lipinski definition) is 3. The van der Waals surface area contributed by atoms with Crippen molar-refractivity contribution in [2.45, 2.75) is 19.9 Å². The molecule has 0 atom stereocenters. The fourth-order valence-corrected chi connectivity index (χ4v) is 0.284. The van der Waals surface area contributed by atoms with Crippen molar-refractivity contribution in [3.05, 3.63) is 11.3 Å². The van der Waals surface area contributed by atoms with Crippen molar-refractivity contribution in [3.8, 4) is 0 Å². The highest BCUT2D eigenvalue weighted by Crippen LogP contribution is 2.03. The fraction of sp³-hybridized carbons (Fsp3) is 1.00. The highest BCUT2D eigenvalue weighted by Gasteiger charge is 1.83. The predicted molar refractivity (Wildman–Crippen MR) is 34.2 cm³/mol. The van der Waals surface area contributed by atoms with Gasteiger partial charge in [0, 0.05) is 0 Å². The maximum Gasteiger partial charge on any atom is -0.0180 e. The Hall–Kier alpha value is -0.200. The van der Waals surface area contributed by atoms with E-state index in [-0.39, 0.29) is 6.04 Å². The smallest absolute Gasteiger partial charge is 0.0180 e. The molecule has 0 saturated heterocycles. The molecule has 0 aromatic carbocycles. The van der Waals surface area contributed by atoms with E-state index in [0.717, 1.165) is 5.12 Å². The average Bonchev–Trinajstić information content (AvgIpc) is 1.63. The molecule has 0 heterocycles. The van der Waals surface area contributed by atoms with E-state index in [1.165, 1.54) is 7.05 Å². The van der Waals surface area contributed by atoms with E-state index in [9.17, 15) is 0 Å². The number of rotatable bonds is 3. The van der Waals surface area contributed by atoms with Crippen molar-refractivity contribution >= 4 is 0 Å². The summed E-state index contributed by atoms with van der Waals surface area (Å²) in [6.07, 6.45) is 0. The van der Waals surface area contributed by atoms with Gasteiger partial charge in [-0.25, -0.2) is 5.28 Å². The lowest BCUT2D eigenvalue weighted by Crippen LogP contribution is -2.29. The van der Waals surface area contributed by atoms with Gasteiger partial charge in [-0.2, -0.15) is 0 Å². The molecule has 5 nitrogen and oxygen atoms in total. The van der Waals surface area contributed by atoms with E-state index in [4.69, 9.17) is 11.0 Å². The van der Waals surface area contributed by atoms with Gasteiger partial charge in [0.2, 0.25) is 0 Å². The standard InChI is InChI=1S/C4H12N4O/c1-4(2)6-8(9)7(3)5/h4-5,9H,1-3H3/q-2. The largest absolute Gasteiger partial charge is 0.594 e. The van der Waals surface area contributed by atoms with Crippen molar-refractivity contribution in [2.75, 3.05) is 7.05 Å². The van der Waals surface area contributed by atoms with Crippen LogP contribution in [0.25, 0.3) is 11.3 Å². The maximum absolute atomic E-state index is 8.70. The first-order chi connectivity index (χ1) is 4.04. The first-order valence-electron chi connectivity index (χ1n) is 2.68. The van der Waals surface area contributed by atoms with Crippen molar-refractivity contribution in [3.63, 3.8) is 0 Å². The molecule has 0 aliphatic rings. The van der Waals surface area contributed by atoms with E-state index in [2.05, 4.69) is 5.43 Å². The number of nitrogens with one attached hydrogen (secondary N) is 1. The van der Waals surface area contributed by atoms with E-state index in [0.29, 0.717) is 5.28 Å². The zero-order chi connectivity index (χ0) is 7.44. The lowest BCUT2D eigenvalue weighted by atomic mass is 10.4. The number of hydrazine groups is 1. The first kappa shape index (κ1) is 8.80. The topological polar surface area (TPSA) is 64.6 Å². The summed E-state index contributed by atoms with van der Waals surface area (Å²) in [5.41, 5.74) is 3.60. The monoisotopic (exact) mass is 132 g/mol. The third-order valence-corrected chi connectivity index (χ3v) is 0.603. The molecule has 0 saturated carbocycles. The molecule has 0 spiro atoms. The Balaban J connectivity index is 3.38. The SMILES string of the molecule is CC(C)[N-]N(O)N(C)[NH-]. The van der Waals surface area contributed by atoms with E-state index >= 15 is 0 Å². The summed E-state index contributed by atoms with van der Waals surface area (Å²) in [6.45, 7) is 3.62. The molecule has 0 aromatic rings. The average molecular weight is 132 g/mol. The molecule has 0 aromatic heterocycles. The molecule has 0 aliphatic carbocycles. The fourth-order valence-electron chi connectivity index (χ4n) is 0.284. The molecule has 0 bridgehead atoms. The minimum absolute atomic E-state index is 0.00259. The summed E-state index contributed by atoms with van der Waals surface area (Å²) in [7, 11) is 1.38. The Morgan fingerprint density at radius 3 is 2.11 bits per heavy atom. The van der Waals surface area contributed by atoms with Gasteiger partial charge in [0.05, 0.1) is 0 Å². The minimum atomic E-state index is 0.00259. The zero-order valence-corrected chi connectivity index (χ0v) is 5.87. The van der Waals surface area contributed by atoms with Crippen molar-refractivity contribution in [1.82, 2.24) is 10.4 Å². The van der Waals surface area contributed by atoms with Crippen molar-refractivity contribution < 1.29 is 5.21 Å². The Morgan fingerprint density at radius 1 is 1.56 bits per heavy atom. The Bertz CT molecular complexity index is 75.0. The summed E-state index contributed by atoms with van der Waals surface area (Å²) in [5, 5.41) is 9.93. The highest BCUT2D eigenvalue weighted by atomic mass is 16.6. The lowest BCUT2D eigenvalue weighted by molar-refractivity contribution is -0.186. The molecule has 0 fully saturated rings. The van der Waals surface area contributed by atoms with Gasteiger partial charge in [0.1, 0.15) is 0 Å². The van der Waals surface area contributed by atoms with Gasteiger partial charge in [-0.1, -0.05) is 13.8 Å². The van der Waals surface area contributed by atoms with Crippen LogP contribution in [0, 0.1) is 0 Å². The van der Waals surface area contributed by atoms with Gasteiger partial charge in [-0.3, -0.25) is 0 Å². The second-order valence-electron chi connectivity index (χ2n) is 2.00. The third-order valence-electron chi connectivity index (χ3n) is 0.603. The first-order valence-corrected chi connectivity index (χ1v) is 2.68. The summed E-state index contributed by atoms with van der Waals surface area (Å²) in [5.74, 6) is 6.79. The van der Waals surface area contributed by atoms with Gasteiger partial charge in [-0.15, -0.1) is 6.04 Å². The zero-order valence-electron chi connectivity index (χ0n) is 5.87. The van der Waals surface area contributed by atoms with Crippen LogP contribution in [0.3, 0.4) is 0 Å². The Labute approximate surface area is 54.9 Å². The Morgan fingerprint density at radius 2 is 2.00 bits per heavy atom. The van der Waals surface area contributed by atoms with Crippen LogP contribution in [0.5, 0.6) is 0 Å². The third kappa shape index (κ3) is 4.31. The van der Waals surface area contributed by atoms with E-state index in [1.807, 2.05) is 13.8 Å². The summed E-state index contributed by atoms with van der Waals surface area (Å²) < 4.78 is 0. The predicted octanol–water partition coefficient (Wildman–Crippen LogP) is 1.19. The van der Waals surface area contributed by atoms with Crippen molar-refractivity contribution in [1.29, 1.82) is 0 Å². The second-order valence-corrected chi connectivity index (χ2v) is 2.00. The highest BCUT2D eigenvalue weighted by molar-refractivity contribution is 4.74. The molecular weight excluding hydrogens is 120 g/mol. The second kappa shape index (κ2) is 3.76. The summed E-state index contributed by atoms with van der Waals surface area (Å²) >= 11 is 0. The molecular formula is C4H12N4O-2. The van der Waals surface area contributed by atoms with Crippen LogP contribution < -0.4 is 0 Å². The van der Waals surface area contributed by atoms with Gasteiger partial charge >= 0.3 is 0 Å². The normalized spacial score (nSPS) is 12.0. The lowest BCUT2D eigenvalue weighted by Gasteiger charge is -2.43. The van der Waals surface area contributed by atoms with Crippen LogP contribution in [0.15, 0.2) is 0 Å². The molecule has 0 aliphatic heterocycles. The molecule has 2 N–H and O–H groups in total. The quantitative estimate of drug-likeness (QED) is 0.586. The van der Waals surface area contributed by atoms with Crippen LogP contribution in [-0.4, -0.2) is 28.7 Å². The molecule has 0 rings (SSSR count). The van der Waals surface area contributed by atoms with Crippen LogP contribution in [0.4, 0.5) is 0 Å². The van der Waals surface area contributed by atoms with Crippen LogP contribution >= 0.6 is 0 Å². The molecule has 0 unspecified atom stereocenters. The van der Waals surface area contributed by atoms with Crippen molar-refractivity contribution in [2.24, 2.45) is 0 Å².